The molecule has 0 unspecified atom stereocenters. The molecular weight excluding hydrogens is 200 g/mol. The van der Waals surface area contributed by atoms with Crippen LogP contribution in [0.4, 0.5) is 0 Å². The maximum atomic E-state index is 5.41. The van der Waals surface area contributed by atoms with E-state index in [-0.39, 0.29) is 0 Å². The van der Waals surface area contributed by atoms with Crippen LogP contribution in [-0.2, 0) is 7.05 Å². The summed E-state index contributed by atoms with van der Waals surface area (Å²) in [5.41, 5.74) is 0.850. The highest BCUT2D eigenvalue weighted by atomic mass is 32.2. The minimum atomic E-state index is 0.522. The highest BCUT2D eigenvalue weighted by molar-refractivity contribution is 7.99. The van der Waals surface area contributed by atoms with Crippen LogP contribution in [-0.4, -0.2) is 25.7 Å². The maximum Gasteiger partial charge on any atom is 0.276 e. The van der Waals surface area contributed by atoms with Crippen LogP contribution >= 0.6 is 11.8 Å². The standard InChI is InChI=1S/C8H10N4OS/c1-3-14-8-11-10-7(13-8)6-4-9-12(2)5-6/h4-5H,3H2,1-2H3. The van der Waals surface area contributed by atoms with Crippen LogP contribution in [0.15, 0.2) is 22.0 Å². The Labute approximate surface area is 85.5 Å². The molecule has 14 heavy (non-hydrogen) atoms. The van der Waals surface area contributed by atoms with Gasteiger partial charge in [-0.15, -0.1) is 10.2 Å². The number of nitrogens with zero attached hydrogens (tertiary/aromatic N) is 4. The molecule has 0 radical (unpaired) electrons. The first-order chi connectivity index (χ1) is 6.79. The van der Waals surface area contributed by atoms with E-state index in [1.165, 1.54) is 11.8 Å². The molecule has 74 valence electrons. The van der Waals surface area contributed by atoms with Crippen molar-refractivity contribution in [2.24, 2.45) is 7.05 Å². The van der Waals surface area contributed by atoms with E-state index in [1.54, 1.807) is 10.9 Å². The van der Waals surface area contributed by atoms with E-state index in [9.17, 15) is 0 Å². The number of rotatable bonds is 3. The Bertz CT molecular complexity index is 422. The molecule has 0 fully saturated rings. The molecular formula is C8H10N4OS. The summed E-state index contributed by atoms with van der Waals surface area (Å²) < 4.78 is 7.11. The van der Waals surface area contributed by atoms with Crippen molar-refractivity contribution in [1.29, 1.82) is 0 Å². The highest BCUT2D eigenvalue weighted by Crippen LogP contribution is 2.21. The average molecular weight is 210 g/mol. The van der Waals surface area contributed by atoms with Crippen LogP contribution in [0.3, 0.4) is 0 Å². The largest absolute Gasteiger partial charge is 0.411 e. The van der Waals surface area contributed by atoms with E-state index < -0.39 is 0 Å². The first kappa shape index (κ1) is 9.26. The van der Waals surface area contributed by atoms with E-state index in [2.05, 4.69) is 15.3 Å². The Hall–Kier alpha value is -1.30. The summed E-state index contributed by atoms with van der Waals surface area (Å²) in [6.45, 7) is 2.04. The van der Waals surface area contributed by atoms with Crippen molar-refractivity contribution >= 4 is 11.8 Å². The Morgan fingerprint density at radius 2 is 2.36 bits per heavy atom. The van der Waals surface area contributed by atoms with Crippen LogP contribution in [0.2, 0.25) is 0 Å². The first-order valence-corrected chi connectivity index (χ1v) is 5.23. The minimum Gasteiger partial charge on any atom is -0.411 e. The first-order valence-electron chi connectivity index (χ1n) is 4.25. The third-order valence-electron chi connectivity index (χ3n) is 1.63. The Balaban J connectivity index is 2.24. The lowest BCUT2D eigenvalue weighted by Crippen LogP contribution is -1.84. The van der Waals surface area contributed by atoms with Gasteiger partial charge >= 0.3 is 0 Å². The molecule has 0 aliphatic heterocycles. The summed E-state index contributed by atoms with van der Waals surface area (Å²) in [4.78, 5) is 0. The predicted molar refractivity (Wildman–Crippen MR) is 52.9 cm³/mol. The fourth-order valence-electron chi connectivity index (χ4n) is 1.04. The van der Waals surface area contributed by atoms with Crippen molar-refractivity contribution in [3.05, 3.63) is 12.4 Å². The summed E-state index contributed by atoms with van der Waals surface area (Å²) in [5.74, 6) is 1.45. The zero-order valence-corrected chi connectivity index (χ0v) is 8.78. The SMILES string of the molecule is CCSc1nnc(-c2cnn(C)c2)o1. The third-order valence-corrected chi connectivity index (χ3v) is 2.33. The molecule has 2 aromatic heterocycles. The molecule has 0 atom stereocenters. The molecule has 5 nitrogen and oxygen atoms in total. The molecule has 0 aliphatic rings. The molecule has 0 aromatic carbocycles. The van der Waals surface area contributed by atoms with Gasteiger partial charge in [-0.2, -0.15) is 5.10 Å². The van der Waals surface area contributed by atoms with Crippen LogP contribution in [0.25, 0.3) is 11.5 Å². The summed E-state index contributed by atoms with van der Waals surface area (Å²) in [5, 5.41) is 12.5. The lowest BCUT2D eigenvalue weighted by Gasteiger charge is -1.86. The van der Waals surface area contributed by atoms with Crippen LogP contribution < -0.4 is 0 Å². The Kier molecular flexibility index (Phi) is 2.53. The van der Waals surface area contributed by atoms with Gasteiger partial charge in [0.05, 0.1) is 11.8 Å². The minimum absolute atomic E-state index is 0.522. The molecule has 2 rings (SSSR count). The fraction of sp³-hybridized carbons (Fsp3) is 0.375. The van der Waals surface area contributed by atoms with Crippen molar-refractivity contribution in [2.45, 2.75) is 12.1 Å². The number of aromatic nitrogens is 4. The fourth-order valence-corrected chi connectivity index (χ4v) is 1.52. The van der Waals surface area contributed by atoms with Crippen molar-refractivity contribution in [3.8, 4) is 11.5 Å². The Morgan fingerprint density at radius 1 is 1.50 bits per heavy atom. The molecule has 6 heteroatoms. The van der Waals surface area contributed by atoms with Crippen LogP contribution in [0, 0.1) is 0 Å². The lowest BCUT2D eigenvalue weighted by atomic mass is 10.4. The summed E-state index contributed by atoms with van der Waals surface area (Å²) in [6.07, 6.45) is 3.54. The summed E-state index contributed by atoms with van der Waals surface area (Å²) in [6, 6.07) is 0. The number of thioether (sulfide) groups is 1. The third kappa shape index (κ3) is 1.79. The predicted octanol–water partition coefficient (Wildman–Crippen LogP) is 1.58. The van der Waals surface area contributed by atoms with Gasteiger partial charge in [0.1, 0.15) is 0 Å². The van der Waals surface area contributed by atoms with E-state index in [0.29, 0.717) is 11.1 Å². The molecule has 2 heterocycles. The van der Waals surface area contributed by atoms with Gasteiger partial charge in [0, 0.05) is 13.2 Å². The molecule has 0 saturated carbocycles. The molecule has 2 aromatic rings. The van der Waals surface area contributed by atoms with Gasteiger partial charge in [-0.25, -0.2) is 0 Å². The van der Waals surface area contributed by atoms with Gasteiger partial charge in [0.2, 0.25) is 0 Å². The van der Waals surface area contributed by atoms with Crippen molar-refractivity contribution in [1.82, 2.24) is 20.0 Å². The van der Waals surface area contributed by atoms with E-state index in [1.807, 2.05) is 20.2 Å². The second-order valence-electron chi connectivity index (χ2n) is 2.71. The molecule has 0 spiro atoms. The van der Waals surface area contributed by atoms with Crippen LogP contribution in [0.1, 0.15) is 6.92 Å². The summed E-state index contributed by atoms with van der Waals surface area (Å²) in [7, 11) is 1.85. The monoisotopic (exact) mass is 210 g/mol. The second-order valence-corrected chi connectivity index (χ2v) is 3.92. The van der Waals surface area contributed by atoms with Gasteiger partial charge in [0.15, 0.2) is 0 Å². The molecule has 0 amide bonds. The van der Waals surface area contributed by atoms with Crippen molar-refractivity contribution in [2.75, 3.05) is 5.75 Å². The lowest BCUT2D eigenvalue weighted by molar-refractivity contribution is 0.466. The van der Waals surface area contributed by atoms with Gasteiger partial charge in [-0.1, -0.05) is 18.7 Å². The highest BCUT2D eigenvalue weighted by Gasteiger charge is 2.09. The molecule has 0 saturated heterocycles. The molecule has 0 aliphatic carbocycles. The van der Waals surface area contributed by atoms with Gasteiger partial charge in [-0.3, -0.25) is 4.68 Å². The molecule has 0 N–H and O–H groups in total. The van der Waals surface area contributed by atoms with Crippen LogP contribution in [0.5, 0.6) is 0 Å². The second kappa shape index (κ2) is 3.83. The maximum absolute atomic E-state index is 5.41. The van der Waals surface area contributed by atoms with E-state index in [4.69, 9.17) is 4.42 Å². The zero-order valence-electron chi connectivity index (χ0n) is 7.97. The van der Waals surface area contributed by atoms with Crippen molar-refractivity contribution in [3.63, 3.8) is 0 Å². The molecule has 0 bridgehead atoms. The average Bonchev–Trinajstić information content (AvgIpc) is 2.74. The number of hydrogen-bond donors (Lipinski definition) is 0. The van der Waals surface area contributed by atoms with Gasteiger partial charge in [0.25, 0.3) is 11.1 Å². The van der Waals surface area contributed by atoms with E-state index >= 15 is 0 Å². The zero-order chi connectivity index (χ0) is 9.97. The topological polar surface area (TPSA) is 56.7 Å². The number of aryl methyl sites for hydroxylation is 1. The number of hydrogen-bond acceptors (Lipinski definition) is 5. The van der Waals surface area contributed by atoms with Gasteiger partial charge < -0.3 is 4.42 Å². The van der Waals surface area contributed by atoms with Crippen molar-refractivity contribution < 1.29 is 4.42 Å². The normalized spacial score (nSPS) is 10.7. The van der Waals surface area contributed by atoms with E-state index in [0.717, 1.165) is 11.3 Å². The van der Waals surface area contributed by atoms with Gasteiger partial charge in [-0.05, 0) is 5.75 Å². The smallest absolute Gasteiger partial charge is 0.276 e. The Morgan fingerprint density at radius 3 is 3.00 bits per heavy atom. The summed E-state index contributed by atoms with van der Waals surface area (Å²) >= 11 is 1.53. The quantitative estimate of drug-likeness (QED) is 0.720.